The Kier molecular flexibility index (Phi) is 4.90. The summed E-state index contributed by atoms with van der Waals surface area (Å²) in [5, 5.41) is 2.93. The first-order valence-electron chi connectivity index (χ1n) is 8.82. The molecular formula is C19H27N3O2. The van der Waals surface area contributed by atoms with E-state index in [2.05, 4.69) is 31.2 Å². The lowest BCUT2D eigenvalue weighted by atomic mass is 10.0. The number of benzene rings is 1. The standard InChI is InChI=1S/C19H27N3O2/c1-13-12-17(13)18(23)20-15-6-4-14(5-7-15)19(24)22-10-8-16(9-11-22)21(2)3/h4-7,13,16-17H,8-12H2,1-3H3,(H,20,23)/t13-,17+/m1/s1. The van der Waals surface area contributed by atoms with Crippen molar-refractivity contribution < 1.29 is 9.59 Å². The van der Waals surface area contributed by atoms with Crippen LogP contribution >= 0.6 is 0 Å². The third-order valence-corrected chi connectivity index (χ3v) is 5.33. The van der Waals surface area contributed by atoms with Crippen LogP contribution in [0, 0.1) is 11.8 Å². The van der Waals surface area contributed by atoms with E-state index in [9.17, 15) is 9.59 Å². The van der Waals surface area contributed by atoms with Crippen molar-refractivity contribution >= 4 is 17.5 Å². The van der Waals surface area contributed by atoms with Gasteiger partial charge in [0.15, 0.2) is 0 Å². The number of piperidine rings is 1. The van der Waals surface area contributed by atoms with Crippen LogP contribution in [-0.2, 0) is 4.79 Å². The van der Waals surface area contributed by atoms with Crippen LogP contribution in [0.1, 0.15) is 36.5 Å². The molecule has 0 unspecified atom stereocenters. The van der Waals surface area contributed by atoms with E-state index in [0.717, 1.165) is 38.0 Å². The number of anilines is 1. The van der Waals surface area contributed by atoms with Gasteiger partial charge in [0.2, 0.25) is 5.91 Å². The molecule has 1 aromatic carbocycles. The lowest BCUT2D eigenvalue weighted by molar-refractivity contribution is -0.117. The number of hydrogen-bond donors (Lipinski definition) is 1. The van der Waals surface area contributed by atoms with E-state index in [4.69, 9.17) is 0 Å². The fourth-order valence-electron chi connectivity index (χ4n) is 3.39. The quantitative estimate of drug-likeness (QED) is 0.923. The van der Waals surface area contributed by atoms with Gasteiger partial charge in [0.05, 0.1) is 0 Å². The van der Waals surface area contributed by atoms with Gasteiger partial charge < -0.3 is 15.1 Å². The topological polar surface area (TPSA) is 52.7 Å². The number of nitrogens with one attached hydrogen (secondary N) is 1. The predicted molar refractivity (Wildman–Crippen MR) is 95.0 cm³/mol. The van der Waals surface area contributed by atoms with Crippen molar-refractivity contribution in [2.45, 2.75) is 32.2 Å². The summed E-state index contributed by atoms with van der Waals surface area (Å²) in [6.07, 6.45) is 3.02. The number of amides is 2. The second-order valence-electron chi connectivity index (χ2n) is 7.37. The van der Waals surface area contributed by atoms with Crippen LogP contribution < -0.4 is 5.32 Å². The van der Waals surface area contributed by atoms with E-state index in [0.29, 0.717) is 17.5 Å². The number of likely N-dealkylation sites (tertiary alicyclic amines) is 1. The van der Waals surface area contributed by atoms with E-state index >= 15 is 0 Å². The fourth-order valence-corrected chi connectivity index (χ4v) is 3.39. The molecule has 2 fully saturated rings. The Morgan fingerprint density at radius 1 is 1.12 bits per heavy atom. The van der Waals surface area contributed by atoms with E-state index in [1.807, 2.05) is 29.2 Å². The third-order valence-electron chi connectivity index (χ3n) is 5.33. The second-order valence-corrected chi connectivity index (χ2v) is 7.37. The van der Waals surface area contributed by atoms with Crippen molar-refractivity contribution in [3.05, 3.63) is 29.8 Å². The van der Waals surface area contributed by atoms with Crippen molar-refractivity contribution in [1.82, 2.24) is 9.80 Å². The van der Waals surface area contributed by atoms with Gasteiger partial charge in [-0.2, -0.15) is 0 Å². The minimum atomic E-state index is 0.0842. The second kappa shape index (κ2) is 6.93. The van der Waals surface area contributed by atoms with Crippen molar-refractivity contribution in [2.24, 2.45) is 11.8 Å². The minimum absolute atomic E-state index is 0.0842. The van der Waals surface area contributed by atoms with Gasteiger partial charge in [0, 0.05) is 36.3 Å². The maximum Gasteiger partial charge on any atom is 0.253 e. The maximum absolute atomic E-state index is 12.6. The van der Waals surface area contributed by atoms with Crippen molar-refractivity contribution in [3.8, 4) is 0 Å². The molecule has 1 aliphatic carbocycles. The molecule has 0 bridgehead atoms. The van der Waals surface area contributed by atoms with Gasteiger partial charge in [-0.05, 0) is 63.5 Å². The summed E-state index contributed by atoms with van der Waals surface area (Å²) in [5.41, 5.74) is 1.46. The summed E-state index contributed by atoms with van der Waals surface area (Å²) in [6.45, 7) is 3.70. The van der Waals surface area contributed by atoms with Gasteiger partial charge in [0.25, 0.3) is 5.91 Å². The van der Waals surface area contributed by atoms with Gasteiger partial charge in [-0.3, -0.25) is 9.59 Å². The lowest BCUT2D eigenvalue weighted by Gasteiger charge is -2.35. The van der Waals surface area contributed by atoms with Crippen LogP contribution in [0.3, 0.4) is 0 Å². The van der Waals surface area contributed by atoms with Crippen molar-refractivity contribution in [3.63, 3.8) is 0 Å². The van der Waals surface area contributed by atoms with Gasteiger partial charge in [0.1, 0.15) is 0 Å². The van der Waals surface area contributed by atoms with Crippen molar-refractivity contribution in [1.29, 1.82) is 0 Å². The first kappa shape index (κ1) is 17.0. The molecule has 2 aliphatic rings. The monoisotopic (exact) mass is 329 g/mol. The van der Waals surface area contributed by atoms with Crippen LogP contribution in [0.4, 0.5) is 5.69 Å². The normalized spacial score (nSPS) is 24.1. The average molecular weight is 329 g/mol. The molecule has 0 radical (unpaired) electrons. The van der Waals surface area contributed by atoms with Crippen LogP contribution in [0.5, 0.6) is 0 Å². The molecule has 1 N–H and O–H groups in total. The Bertz CT molecular complexity index is 604. The van der Waals surface area contributed by atoms with Crippen LogP contribution in [-0.4, -0.2) is 54.8 Å². The molecule has 1 aliphatic heterocycles. The molecule has 0 spiro atoms. The molecule has 2 amide bonds. The van der Waals surface area contributed by atoms with E-state index in [-0.39, 0.29) is 17.7 Å². The summed E-state index contributed by atoms with van der Waals surface area (Å²) in [7, 11) is 4.19. The fraction of sp³-hybridized carbons (Fsp3) is 0.579. The number of rotatable bonds is 4. The van der Waals surface area contributed by atoms with Gasteiger partial charge >= 0.3 is 0 Å². The minimum Gasteiger partial charge on any atom is -0.339 e. The smallest absolute Gasteiger partial charge is 0.253 e. The van der Waals surface area contributed by atoms with Crippen LogP contribution in [0.2, 0.25) is 0 Å². The Morgan fingerprint density at radius 2 is 1.71 bits per heavy atom. The highest BCUT2D eigenvalue weighted by molar-refractivity contribution is 5.97. The molecule has 1 heterocycles. The highest BCUT2D eigenvalue weighted by Gasteiger charge is 2.39. The molecule has 0 aromatic heterocycles. The van der Waals surface area contributed by atoms with E-state index in [1.54, 1.807) is 0 Å². The van der Waals surface area contributed by atoms with Crippen LogP contribution in [0.15, 0.2) is 24.3 Å². The summed E-state index contributed by atoms with van der Waals surface area (Å²) in [6, 6.07) is 7.84. The zero-order valence-corrected chi connectivity index (χ0v) is 14.8. The molecule has 5 heteroatoms. The predicted octanol–water partition coefficient (Wildman–Crippen LogP) is 2.45. The largest absolute Gasteiger partial charge is 0.339 e. The summed E-state index contributed by atoms with van der Waals surface area (Å²) in [5.74, 6) is 0.827. The maximum atomic E-state index is 12.6. The summed E-state index contributed by atoms with van der Waals surface area (Å²) < 4.78 is 0. The Hall–Kier alpha value is -1.88. The van der Waals surface area contributed by atoms with Gasteiger partial charge in [-0.25, -0.2) is 0 Å². The average Bonchev–Trinajstić information content (AvgIpc) is 3.32. The van der Waals surface area contributed by atoms with Crippen LogP contribution in [0.25, 0.3) is 0 Å². The molecule has 2 atom stereocenters. The Morgan fingerprint density at radius 3 is 2.21 bits per heavy atom. The number of carbonyl (C=O) groups excluding carboxylic acids is 2. The zero-order valence-electron chi connectivity index (χ0n) is 14.8. The lowest BCUT2D eigenvalue weighted by Crippen LogP contribution is -2.44. The third kappa shape index (κ3) is 3.78. The van der Waals surface area contributed by atoms with Gasteiger partial charge in [-0.15, -0.1) is 0 Å². The number of hydrogen-bond acceptors (Lipinski definition) is 3. The molecule has 1 aromatic rings. The van der Waals surface area contributed by atoms with E-state index in [1.165, 1.54) is 0 Å². The number of nitrogens with zero attached hydrogens (tertiary/aromatic N) is 2. The van der Waals surface area contributed by atoms with E-state index < -0.39 is 0 Å². The zero-order chi connectivity index (χ0) is 17.3. The molecule has 3 rings (SSSR count). The molecule has 5 nitrogen and oxygen atoms in total. The molecule has 1 saturated heterocycles. The Labute approximate surface area is 144 Å². The Balaban J connectivity index is 1.55. The summed E-state index contributed by atoms with van der Waals surface area (Å²) >= 11 is 0. The van der Waals surface area contributed by atoms with Crippen molar-refractivity contribution in [2.75, 3.05) is 32.5 Å². The first-order chi connectivity index (χ1) is 11.5. The SMILES string of the molecule is C[C@@H]1C[C@@H]1C(=O)Nc1ccc(C(=O)N2CCC(N(C)C)CC2)cc1. The first-order valence-corrected chi connectivity index (χ1v) is 8.82. The summed E-state index contributed by atoms with van der Waals surface area (Å²) in [4.78, 5) is 28.7. The molecule has 130 valence electrons. The molecule has 24 heavy (non-hydrogen) atoms. The highest BCUT2D eigenvalue weighted by atomic mass is 16.2. The highest BCUT2D eigenvalue weighted by Crippen LogP contribution is 2.38. The molecular weight excluding hydrogens is 302 g/mol. The number of carbonyl (C=O) groups is 2. The van der Waals surface area contributed by atoms with Gasteiger partial charge in [-0.1, -0.05) is 6.92 Å². The molecule has 1 saturated carbocycles.